The van der Waals surface area contributed by atoms with Crippen LogP contribution in [-0.2, 0) is 22.7 Å². The second kappa shape index (κ2) is 11.2. The quantitative estimate of drug-likeness (QED) is 0.390. The first kappa shape index (κ1) is 20.9. The molecule has 1 saturated heterocycles. The summed E-state index contributed by atoms with van der Waals surface area (Å²) in [6.07, 6.45) is 1.59. The van der Waals surface area contributed by atoms with Crippen LogP contribution in [0.2, 0.25) is 0 Å². The number of rotatable bonds is 9. The van der Waals surface area contributed by atoms with Gasteiger partial charge in [0.1, 0.15) is 0 Å². The molecule has 6 heteroatoms. The Morgan fingerprint density at radius 3 is 2.55 bits per heavy atom. The third kappa shape index (κ3) is 6.61. The molecule has 0 aromatic heterocycles. The number of nitrogens with one attached hydrogen (secondary N) is 2. The van der Waals surface area contributed by atoms with E-state index in [9.17, 15) is 4.79 Å². The molecule has 1 heterocycles. The van der Waals surface area contributed by atoms with Gasteiger partial charge >= 0.3 is 0 Å². The molecule has 1 aliphatic heterocycles. The minimum absolute atomic E-state index is 0.212. The van der Waals surface area contributed by atoms with Crippen LogP contribution in [0.15, 0.2) is 59.6 Å². The molecule has 0 saturated carbocycles. The van der Waals surface area contributed by atoms with Crippen molar-refractivity contribution in [1.29, 1.82) is 0 Å². The first-order valence-corrected chi connectivity index (χ1v) is 10.3. The molecule has 1 fully saturated rings. The molecule has 0 atom stereocenters. The highest BCUT2D eigenvalue weighted by molar-refractivity contribution is 5.95. The summed E-state index contributed by atoms with van der Waals surface area (Å²) in [5.74, 6) is 0.985. The van der Waals surface area contributed by atoms with Crippen molar-refractivity contribution in [3.63, 3.8) is 0 Å². The largest absolute Gasteiger partial charge is 0.375 e. The van der Waals surface area contributed by atoms with E-state index in [0.717, 1.165) is 36.7 Å². The Morgan fingerprint density at radius 1 is 1.07 bits per heavy atom. The smallest absolute Gasteiger partial charge is 0.227 e. The molecular formula is C23H30N4O2. The van der Waals surface area contributed by atoms with Crippen LogP contribution in [0, 0.1) is 0 Å². The lowest BCUT2D eigenvalue weighted by Gasteiger charge is -2.16. The maximum Gasteiger partial charge on any atom is 0.227 e. The van der Waals surface area contributed by atoms with Crippen molar-refractivity contribution in [1.82, 2.24) is 10.6 Å². The number of carbonyl (C=O) groups excluding carboxylic acids is 1. The Balaban J connectivity index is 1.44. The number of guanidine groups is 1. The molecule has 154 valence electrons. The average molecular weight is 395 g/mol. The number of ether oxygens (including phenoxy) is 1. The van der Waals surface area contributed by atoms with Gasteiger partial charge in [0.25, 0.3) is 0 Å². The van der Waals surface area contributed by atoms with Gasteiger partial charge in [0.2, 0.25) is 5.91 Å². The summed E-state index contributed by atoms with van der Waals surface area (Å²) in [5.41, 5.74) is 3.26. The van der Waals surface area contributed by atoms with Crippen LogP contribution in [-0.4, -0.2) is 38.1 Å². The van der Waals surface area contributed by atoms with E-state index in [1.807, 2.05) is 54.3 Å². The SMILES string of the molecule is CCNC(=NCc1ccc(N2CCCC2=O)cc1)NCCOCc1ccccc1. The van der Waals surface area contributed by atoms with Gasteiger partial charge in [0.05, 0.1) is 19.8 Å². The fourth-order valence-corrected chi connectivity index (χ4v) is 3.22. The Hall–Kier alpha value is -2.86. The summed E-state index contributed by atoms with van der Waals surface area (Å²) in [5, 5.41) is 6.55. The minimum Gasteiger partial charge on any atom is -0.375 e. The van der Waals surface area contributed by atoms with Crippen LogP contribution >= 0.6 is 0 Å². The fraction of sp³-hybridized carbons (Fsp3) is 0.391. The molecular weight excluding hydrogens is 364 g/mol. The zero-order valence-corrected chi connectivity index (χ0v) is 17.1. The van der Waals surface area contributed by atoms with Gasteiger partial charge < -0.3 is 20.3 Å². The lowest BCUT2D eigenvalue weighted by Crippen LogP contribution is -2.38. The van der Waals surface area contributed by atoms with E-state index < -0.39 is 0 Å². The van der Waals surface area contributed by atoms with E-state index >= 15 is 0 Å². The molecule has 0 bridgehead atoms. The van der Waals surface area contributed by atoms with Crippen molar-refractivity contribution < 1.29 is 9.53 Å². The zero-order valence-electron chi connectivity index (χ0n) is 17.1. The van der Waals surface area contributed by atoms with E-state index in [1.54, 1.807) is 0 Å². The lowest BCUT2D eigenvalue weighted by molar-refractivity contribution is -0.117. The van der Waals surface area contributed by atoms with Gasteiger partial charge in [-0.3, -0.25) is 4.79 Å². The second-order valence-corrected chi connectivity index (χ2v) is 6.98. The van der Waals surface area contributed by atoms with E-state index in [1.165, 1.54) is 5.56 Å². The Labute approximate surface area is 173 Å². The Morgan fingerprint density at radius 2 is 1.86 bits per heavy atom. The highest BCUT2D eigenvalue weighted by Crippen LogP contribution is 2.21. The van der Waals surface area contributed by atoms with Gasteiger partial charge in [-0.15, -0.1) is 0 Å². The summed E-state index contributed by atoms with van der Waals surface area (Å²) in [7, 11) is 0. The molecule has 2 aromatic rings. The molecule has 2 aromatic carbocycles. The normalized spacial score (nSPS) is 14.3. The Bertz CT molecular complexity index is 790. The first-order chi connectivity index (χ1) is 14.3. The van der Waals surface area contributed by atoms with Gasteiger partial charge in [-0.1, -0.05) is 42.5 Å². The van der Waals surface area contributed by atoms with Crippen LogP contribution in [0.3, 0.4) is 0 Å². The lowest BCUT2D eigenvalue weighted by atomic mass is 10.2. The number of aliphatic imine (C=N–C) groups is 1. The van der Waals surface area contributed by atoms with Crippen molar-refractivity contribution in [2.24, 2.45) is 4.99 Å². The van der Waals surface area contributed by atoms with Gasteiger partial charge in [-0.2, -0.15) is 0 Å². The number of nitrogens with zero attached hydrogens (tertiary/aromatic N) is 2. The molecule has 2 N–H and O–H groups in total. The van der Waals surface area contributed by atoms with Crippen LogP contribution < -0.4 is 15.5 Å². The number of hydrogen-bond acceptors (Lipinski definition) is 3. The predicted octanol–water partition coefficient (Wildman–Crippen LogP) is 3.09. The summed E-state index contributed by atoms with van der Waals surface area (Å²) in [6, 6.07) is 18.2. The number of carbonyl (C=O) groups is 1. The van der Waals surface area contributed by atoms with E-state index in [4.69, 9.17) is 4.74 Å². The van der Waals surface area contributed by atoms with Crippen molar-refractivity contribution in [3.8, 4) is 0 Å². The summed E-state index contributed by atoms with van der Waals surface area (Å²) in [4.78, 5) is 18.3. The molecule has 0 spiro atoms. The minimum atomic E-state index is 0.212. The number of benzene rings is 2. The molecule has 6 nitrogen and oxygen atoms in total. The second-order valence-electron chi connectivity index (χ2n) is 6.98. The third-order valence-electron chi connectivity index (χ3n) is 4.74. The number of hydrogen-bond donors (Lipinski definition) is 2. The molecule has 1 aliphatic rings. The van der Waals surface area contributed by atoms with Crippen LogP contribution in [0.4, 0.5) is 5.69 Å². The maximum atomic E-state index is 11.9. The fourth-order valence-electron chi connectivity index (χ4n) is 3.22. The number of amides is 1. The van der Waals surface area contributed by atoms with Gasteiger partial charge in [0.15, 0.2) is 5.96 Å². The Kier molecular flexibility index (Phi) is 8.07. The van der Waals surface area contributed by atoms with Crippen molar-refractivity contribution in [2.75, 3.05) is 31.1 Å². The number of anilines is 1. The molecule has 0 radical (unpaired) electrons. The highest BCUT2D eigenvalue weighted by Gasteiger charge is 2.21. The summed E-state index contributed by atoms with van der Waals surface area (Å²) in [6.45, 7) is 6.15. The summed E-state index contributed by atoms with van der Waals surface area (Å²) < 4.78 is 5.70. The first-order valence-electron chi connectivity index (χ1n) is 10.3. The molecule has 1 amide bonds. The molecule has 29 heavy (non-hydrogen) atoms. The molecule has 0 aliphatic carbocycles. The van der Waals surface area contributed by atoms with Crippen molar-refractivity contribution in [3.05, 3.63) is 65.7 Å². The van der Waals surface area contributed by atoms with Crippen molar-refractivity contribution in [2.45, 2.75) is 32.9 Å². The monoisotopic (exact) mass is 394 g/mol. The van der Waals surface area contributed by atoms with Gasteiger partial charge in [-0.25, -0.2) is 4.99 Å². The summed E-state index contributed by atoms with van der Waals surface area (Å²) >= 11 is 0. The maximum absolute atomic E-state index is 11.9. The van der Waals surface area contributed by atoms with E-state index in [2.05, 4.69) is 27.8 Å². The molecule has 3 rings (SSSR count). The topological polar surface area (TPSA) is 66.0 Å². The van der Waals surface area contributed by atoms with Gasteiger partial charge in [0, 0.05) is 31.7 Å². The van der Waals surface area contributed by atoms with E-state index in [0.29, 0.717) is 32.7 Å². The van der Waals surface area contributed by atoms with E-state index in [-0.39, 0.29) is 5.91 Å². The molecule has 0 unspecified atom stereocenters. The highest BCUT2D eigenvalue weighted by atomic mass is 16.5. The third-order valence-corrected chi connectivity index (χ3v) is 4.74. The standard InChI is InChI=1S/C23H30N4O2/c1-2-24-23(25-14-16-29-18-20-7-4-3-5-8-20)26-17-19-10-12-21(13-11-19)27-15-6-9-22(27)28/h3-5,7-8,10-13H,2,6,9,14-18H2,1H3,(H2,24,25,26). The van der Waals surface area contributed by atoms with Crippen LogP contribution in [0.1, 0.15) is 30.9 Å². The van der Waals surface area contributed by atoms with Gasteiger partial charge in [-0.05, 0) is 36.6 Å². The average Bonchev–Trinajstić information content (AvgIpc) is 3.18. The zero-order chi connectivity index (χ0) is 20.3. The predicted molar refractivity (Wildman–Crippen MR) is 117 cm³/mol. The van der Waals surface area contributed by atoms with Crippen LogP contribution in [0.25, 0.3) is 0 Å². The van der Waals surface area contributed by atoms with Crippen LogP contribution in [0.5, 0.6) is 0 Å². The van der Waals surface area contributed by atoms with Crippen molar-refractivity contribution >= 4 is 17.6 Å².